The maximum absolute atomic E-state index is 11.0. The van der Waals surface area contributed by atoms with Crippen LogP contribution in [0.1, 0.15) is 16.1 Å². The molecule has 1 N–H and O–H groups in total. The monoisotopic (exact) mass is 294 g/mol. The quantitative estimate of drug-likeness (QED) is 0.676. The predicted molar refractivity (Wildman–Crippen MR) is 69.9 cm³/mol. The van der Waals surface area contributed by atoms with E-state index in [1.807, 2.05) is 0 Å². The molecule has 0 saturated carbocycles. The molecule has 0 amide bonds. The Balaban J connectivity index is 2.35. The molecule has 104 valence electrons. The summed E-state index contributed by atoms with van der Waals surface area (Å²) in [6, 6.07) is 2.90. The Bertz CT molecular complexity index is 680. The fourth-order valence-electron chi connectivity index (χ4n) is 1.62. The number of carboxylic acids is 1. The standard InChI is InChI=1S/C11H10N4O4S/c1-6-9(15(18)19)10(14(2)13-6)20-8-4-3-7(5-12-8)11(16)17/h3-5H,1-2H3,(H,16,17). The average molecular weight is 294 g/mol. The zero-order chi connectivity index (χ0) is 14.9. The minimum Gasteiger partial charge on any atom is -0.478 e. The Hall–Kier alpha value is -2.42. The number of carbonyl (C=O) groups is 1. The van der Waals surface area contributed by atoms with Gasteiger partial charge in [-0.1, -0.05) is 0 Å². The van der Waals surface area contributed by atoms with Crippen LogP contribution in [-0.4, -0.2) is 30.8 Å². The summed E-state index contributed by atoms with van der Waals surface area (Å²) >= 11 is 1.07. The van der Waals surface area contributed by atoms with E-state index < -0.39 is 10.9 Å². The van der Waals surface area contributed by atoms with Gasteiger partial charge >= 0.3 is 11.7 Å². The highest BCUT2D eigenvalue weighted by molar-refractivity contribution is 7.99. The fourth-order valence-corrected chi connectivity index (χ4v) is 2.55. The Morgan fingerprint density at radius 3 is 2.70 bits per heavy atom. The smallest absolute Gasteiger partial charge is 0.337 e. The zero-order valence-electron chi connectivity index (χ0n) is 10.6. The topological polar surface area (TPSA) is 111 Å². The number of aryl methyl sites for hydroxylation is 2. The first kappa shape index (κ1) is 14.0. The van der Waals surface area contributed by atoms with Gasteiger partial charge in [0.2, 0.25) is 0 Å². The molecule has 0 aliphatic carbocycles. The van der Waals surface area contributed by atoms with Crippen LogP contribution < -0.4 is 0 Å². The van der Waals surface area contributed by atoms with Crippen LogP contribution in [0.3, 0.4) is 0 Å². The van der Waals surface area contributed by atoms with Gasteiger partial charge in [0.15, 0.2) is 5.03 Å². The number of hydrogen-bond donors (Lipinski definition) is 1. The Morgan fingerprint density at radius 1 is 1.50 bits per heavy atom. The van der Waals surface area contributed by atoms with Crippen molar-refractivity contribution in [1.29, 1.82) is 0 Å². The van der Waals surface area contributed by atoms with Crippen LogP contribution in [0.2, 0.25) is 0 Å². The van der Waals surface area contributed by atoms with Crippen molar-refractivity contribution in [3.8, 4) is 0 Å². The third-order valence-electron chi connectivity index (χ3n) is 2.51. The van der Waals surface area contributed by atoms with E-state index in [-0.39, 0.29) is 11.3 Å². The number of aromatic carboxylic acids is 1. The Morgan fingerprint density at radius 2 is 2.20 bits per heavy atom. The molecular weight excluding hydrogens is 284 g/mol. The maximum atomic E-state index is 11.0. The van der Waals surface area contributed by atoms with Gasteiger partial charge in [-0.2, -0.15) is 5.10 Å². The summed E-state index contributed by atoms with van der Waals surface area (Å²) in [5.41, 5.74) is 0.314. The van der Waals surface area contributed by atoms with E-state index in [4.69, 9.17) is 5.11 Å². The van der Waals surface area contributed by atoms with Crippen molar-refractivity contribution in [3.05, 3.63) is 39.7 Å². The molecule has 0 spiro atoms. The molecule has 2 aromatic heterocycles. The van der Waals surface area contributed by atoms with Gasteiger partial charge in [-0.15, -0.1) is 0 Å². The van der Waals surface area contributed by atoms with Crippen LogP contribution in [0.25, 0.3) is 0 Å². The van der Waals surface area contributed by atoms with Crippen LogP contribution in [0.5, 0.6) is 0 Å². The molecule has 2 heterocycles. The van der Waals surface area contributed by atoms with Crippen LogP contribution in [0.4, 0.5) is 5.69 Å². The molecule has 9 heteroatoms. The highest BCUT2D eigenvalue weighted by Crippen LogP contribution is 2.35. The summed E-state index contributed by atoms with van der Waals surface area (Å²) in [4.78, 5) is 25.2. The van der Waals surface area contributed by atoms with Crippen molar-refractivity contribution >= 4 is 23.4 Å². The second-order valence-corrected chi connectivity index (χ2v) is 4.92. The van der Waals surface area contributed by atoms with Crippen LogP contribution in [0.15, 0.2) is 28.4 Å². The number of carboxylic acid groups (broad SMARTS) is 1. The van der Waals surface area contributed by atoms with Gasteiger partial charge in [0.25, 0.3) is 0 Å². The number of aromatic nitrogens is 3. The van der Waals surface area contributed by atoms with Crippen LogP contribution in [0, 0.1) is 17.0 Å². The molecule has 0 fully saturated rings. The summed E-state index contributed by atoms with van der Waals surface area (Å²) in [6.07, 6.45) is 1.21. The highest BCUT2D eigenvalue weighted by Gasteiger charge is 2.25. The van der Waals surface area contributed by atoms with E-state index >= 15 is 0 Å². The maximum Gasteiger partial charge on any atom is 0.337 e. The molecule has 0 bridgehead atoms. The lowest BCUT2D eigenvalue weighted by atomic mass is 10.3. The van der Waals surface area contributed by atoms with Crippen molar-refractivity contribution in [3.63, 3.8) is 0 Å². The molecule has 2 aromatic rings. The van der Waals surface area contributed by atoms with Crippen molar-refractivity contribution in [2.45, 2.75) is 17.0 Å². The Labute approximate surface area is 117 Å². The third-order valence-corrected chi connectivity index (χ3v) is 3.61. The van der Waals surface area contributed by atoms with Gasteiger partial charge in [0.1, 0.15) is 10.7 Å². The lowest BCUT2D eigenvalue weighted by Gasteiger charge is -2.01. The molecule has 0 atom stereocenters. The third kappa shape index (κ3) is 2.62. The molecule has 0 radical (unpaired) electrons. The van der Waals surface area contributed by atoms with Crippen molar-refractivity contribution in [1.82, 2.24) is 14.8 Å². The van der Waals surface area contributed by atoms with E-state index in [0.29, 0.717) is 15.7 Å². The fraction of sp³-hybridized carbons (Fsp3) is 0.182. The van der Waals surface area contributed by atoms with Gasteiger partial charge in [0.05, 0.1) is 10.5 Å². The molecule has 0 saturated heterocycles. The molecule has 8 nitrogen and oxygen atoms in total. The second kappa shape index (κ2) is 5.29. The van der Waals surface area contributed by atoms with E-state index in [2.05, 4.69) is 10.1 Å². The van der Waals surface area contributed by atoms with Crippen LogP contribution in [-0.2, 0) is 7.05 Å². The van der Waals surface area contributed by atoms with Gasteiger partial charge < -0.3 is 5.11 Å². The molecular formula is C11H10N4O4S. The molecule has 0 aliphatic rings. The molecule has 0 aliphatic heterocycles. The average Bonchev–Trinajstić information content (AvgIpc) is 2.64. The van der Waals surface area contributed by atoms with E-state index in [1.54, 1.807) is 14.0 Å². The van der Waals surface area contributed by atoms with Gasteiger partial charge in [0, 0.05) is 13.2 Å². The highest BCUT2D eigenvalue weighted by atomic mass is 32.2. The van der Waals surface area contributed by atoms with E-state index in [9.17, 15) is 14.9 Å². The predicted octanol–water partition coefficient (Wildman–Crippen LogP) is 1.88. The van der Waals surface area contributed by atoms with E-state index in [0.717, 1.165) is 11.8 Å². The van der Waals surface area contributed by atoms with E-state index in [1.165, 1.54) is 23.0 Å². The van der Waals surface area contributed by atoms with Crippen molar-refractivity contribution in [2.75, 3.05) is 0 Å². The Kier molecular flexibility index (Phi) is 3.70. The van der Waals surface area contributed by atoms with Gasteiger partial charge in [-0.3, -0.25) is 14.8 Å². The molecule has 0 unspecified atom stereocenters. The lowest BCUT2D eigenvalue weighted by Crippen LogP contribution is -1.98. The first-order chi connectivity index (χ1) is 9.40. The summed E-state index contributed by atoms with van der Waals surface area (Å²) in [5, 5.41) is 24.6. The second-order valence-electron chi connectivity index (χ2n) is 3.91. The summed E-state index contributed by atoms with van der Waals surface area (Å²) in [5.74, 6) is -1.07. The first-order valence-corrected chi connectivity index (χ1v) is 6.27. The van der Waals surface area contributed by atoms with Crippen molar-refractivity contribution in [2.24, 2.45) is 7.05 Å². The minimum absolute atomic E-state index is 0.0602. The van der Waals surface area contributed by atoms with Gasteiger partial charge in [-0.05, 0) is 30.8 Å². The number of nitrogens with zero attached hydrogens (tertiary/aromatic N) is 4. The van der Waals surface area contributed by atoms with Crippen LogP contribution >= 0.6 is 11.8 Å². The van der Waals surface area contributed by atoms with Crippen molar-refractivity contribution < 1.29 is 14.8 Å². The molecule has 2 rings (SSSR count). The number of hydrogen-bond acceptors (Lipinski definition) is 6. The lowest BCUT2D eigenvalue weighted by molar-refractivity contribution is -0.388. The van der Waals surface area contributed by atoms with Gasteiger partial charge in [-0.25, -0.2) is 9.78 Å². The number of nitro groups is 1. The summed E-state index contributed by atoms with van der Waals surface area (Å²) in [6.45, 7) is 1.56. The normalized spacial score (nSPS) is 10.5. The SMILES string of the molecule is Cc1nn(C)c(Sc2ccc(C(=O)O)cn2)c1[N+](=O)[O-]. The minimum atomic E-state index is -1.07. The summed E-state index contributed by atoms with van der Waals surface area (Å²) < 4.78 is 1.41. The number of pyridine rings is 1. The molecule has 20 heavy (non-hydrogen) atoms. The molecule has 0 aromatic carbocycles. The zero-order valence-corrected chi connectivity index (χ0v) is 11.4. The first-order valence-electron chi connectivity index (χ1n) is 5.45. The largest absolute Gasteiger partial charge is 0.478 e. The summed E-state index contributed by atoms with van der Waals surface area (Å²) in [7, 11) is 1.61. The number of rotatable bonds is 4.